The zero-order valence-corrected chi connectivity index (χ0v) is 13.8. The first-order chi connectivity index (χ1) is 11.4. The topological polar surface area (TPSA) is 80.3 Å². The summed E-state index contributed by atoms with van der Waals surface area (Å²) in [5.74, 6) is -1.18. The van der Waals surface area contributed by atoms with E-state index >= 15 is 0 Å². The maximum Gasteiger partial charge on any atom is 0.305 e. The van der Waals surface area contributed by atoms with E-state index in [0.29, 0.717) is 11.5 Å². The molecule has 1 aromatic rings. The minimum atomic E-state index is -1.40. The van der Waals surface area contributed by atoms with Crippen LogP contribution in [0.5, 0.6) is 11.5 Å². The van der Waals surface area contributed by atoms with E-state index in [-0.39, 0.29) is 13.0 Å². The third-order valence-corrected chi connectivity index (χ3v) is 3.19. The zero-order chi connectivity index (χ0) is 17.6. The Labute approximate surface area is 140 Å². The number of esters is 2. The van der Waals surface area contributed by atoms with Gasteiger partial charge in [-0.05, 0) is 30.3 Å². The Hall–Kier alpha value is -2.54. The number of methoxy groups -OCH3 is 1. The average Bonchev–Trinajstić information content (AvgIpc) is 2.53. The summed E-state index contributed by atoms with van der Waals surface area (Å²) in [7, 11) is 1.57. The van der Waals surface area contributed by atoms with Crippen molar-refractivity contribution in [3.05, 3.63) is 36.4 Å². The van der Waals surface area contributed by atoms with Gasteiger partial charge in [0.25, 0.3) is 5.79 Å². The molecule has 0 unspecified atom stereocenters. The molecule has 0 radical (unpaired) electrons. The predicted molar refractivity (Wildman–Crippen MR) is 83.4 cm³/mol. The minimum Gasteiger partial charge on any atom is -0.497 e. The van der Waals surface area contributed by atoms with Crippen LogP contribution >= 0.6 is 0 Å². The van der Waals surface area contributed by atoms with Crippen molar-refractivity contribution in [2.45, 2.75) is 32.3 Å². The Bertz CT molecular complexity index is 608. The largest absolute Gasteiger partial charge is 0.497 e. The number of hydrogen-bond acceptors (Lipinski definition) is 7. The highest BCUT2D eigenvalue weighted by Gasteiger charge is 2.40. The van der Waals surface area contributed by atoms with Crippen LogP contribution in [0.4, 0.5) is 0 Å². The summed E-state index contributed by atoms with van der Waals surface area (Å²) in [5.41, 5.74) is 0. The van der Waals surface area contributed by atoms with Crippen molar-refractivity contribution in [1.82, 2.24) is 0 Å². The molecule has 0 fully saturated rings. The smallest absolute Gasteiger partial charge is 0.305 e. The first kappa shape index (κ1) is 17.8. The second kappa shape index (κ2) is 7.83. The van der Waals surface area contributed by atoms with E-state index in [9.17, 15) is 9.59 Å². The molecule has 0 spiro atoms. The molecule has 7 nitrogen and oxygen atoms in total. The van der Waals surface area contributed by atoms with E-state index < -0.39 is 24.0 Å². The highest BCUT2D eigenvalue weighted by Crippen LogP contribution is 2.29. The van der Waals surface area contributed by atoms with E-state index in [4.69, 9.17) is 23.7 Å². The van der Waals surface area contributed by atoms with E-state index in [1.807, 2.05) is 0 Å². The van der Waals surface area contributed by atoms with Crippen LogP contribution in [-0.2, 0) is 23.8 Å². The fraction of sp³-hybridized carbons (Fsp3) is 0.412. The molecule has 1 aromatic carbocycles. The Morgan fingerprint density at radius 1 is 1.17 bits per heavy atom. The Kier molecular flexibility index (Phi) is 5.81. The quantitative estimate of drug-likeness (QED) is 0.582. The first-order valence-electron chi connectivity index (χ1n) is 7.40. The van der Waals surface area contributed by atoms with Crippen LogP contribution in [0.3, 0.4) is 0 Å². The Morgan fingerprint density at radius 2 is 1.83 bits per heavy atom. The summed E-state index contributed by atoms with van der Waals surface area (Å²) in [6, 6.07) is 6.95. The van der Waals surface area contributed by atoms with Gasteiger partial charge in [0.2, 0.25) is 6.29 Å². The fourth-order valence-electron chi connectivity index (χ4n) is 2.17. The molecule has 0 bridgehead atoms. The summed E-state index contributed by atoms with van der Waals surface area (Å²) < 4.78 is 26.7. The van der Waals surface area contributed by atoms with Gasteiger partial charge < -0.3 is 18.9 Å². The van der Waals surface area contributed by atoms with Crippen molar-refractivity contribution in [2.75, 3.05) is 13.7 Å². The van der Waals surface area contributed by atoms with E-state index in [1.54, 1.807) is 43.5 Å². The number of carbonyl (C=O) groups excluding carboxylic acids is 2. The number of hydrogen-bond donors (Lipinski definition) is 0. The highest BCUT2D eigenvalue weighted by atomic mass is 16.8. The molecule has 1 aliphatic heterocycles. The maximum atomic E-state index is 11.4. The molecular weight excluding hydrogens is 316 g/mol. The van der Waals surface area contributed by atoms with Crippen LogP contribution in [0.25, 0.3) is 0 Å². The maximum absolute atomic E-state index is 11.4. The van der Waals surface area contributed by atoms with E-state index in [0.717, 1.165) is 0 Å². The molecule has 2 atom stereocenters. The summed E-state index contributed by atoms with van der Waals surface area (Å²) >= 11 is 0. The molecule has 0 aliphatic carbocycles. The van der Waals surface area contributed by atoms with Crippen LogP contribution < -0.4 is 9.47 Å². The molecule has 24 heavy (non-hydrogen) atoms. The van der Waals surface area contributed by atoms with Gasteiger partial charge in [0.15, 0.2) is 6.61 Å². The molecule has 0 amide bonds. The van der Waals surface area contributed by atoms with Crippen molar-refractivity contribution >= 4 is 11.9 Å². The standard InChI is InChI=1S/C17H20O7/c1-12(18)21-11-17(23-13(2)19)10-4-5-16(24-17)22-15-8-6-14(20-3)7-9-15/h4-9,16H,10-11H2,1-3H3/t16-,17-/m0/s1. The van der Waals surface area contributed by atoms with Gasteiger partial charge in [-0.3, -0.25) is 14.3 Å². The van der Waals surface area contributed by atoms with Crippen LogP contribution in [0.1, 0.15) is 20.3 Å². The van der Waals surface area contributed by atoms with Crippen LogP contribution in [0.2, 0.25) is 0 Å². The summed E-state index contributed by atoms with van der Waals surface area (Å²) in [6.45, 7) is 2.32. The van der Waals surface area contributed by atoms with Crippen LogP contribution in [0, 0.1) is 0 Å². The lowest BCUT2D eigenvalue weighted by Gasteiger charge is -2.36. The molecular formula is C17H20O7. The van der Waals surface area contributed by atoms with Gasteiger partial charge in [-0.15, -0.1) is 0 Å². The number of ether oxygens (including phenoxy) is 5. The normalized spacial score (nSPS) is 22.5. The van der Waals surface area contributed by atoms with E-state index in [1.165, 1.54) is 13.8 Å². The lowest BCUT2D eigenvalue weighted by molar-refractivity contribution is -0.286. The second-order valence-electron chi connectivity index (χ2n) is 5.20. The Morgan fingerprint density at radius 3 is 2.42 bits per heavy atom. The predicted octanol–water partition coefficient (Wildman–Crippen LogP) is 2.20. The van der Waals surface area contributed by atoms with Gasteiger partial charge in [-0.2, -0.15) is 0 Å². The van der Waals surface area contributed by atoms with Gasteiger partial charge in [0.1, 0.15) is 11.5 Å². The van der Waals surface area contributed by atoms with Gasteiger partial charge >= 0.3 is 11.9 Å². The first-order valence-corrected chi connectivity index (χ1v) is 7.40. The molecule has 130 valence electrons. The summed E-state index contributed by atoms with van der Waals surface area (Å²) in [4.78, 5) is 22.4. The van der Waals surface area contributed by atoms with Crippen LogP contribution in [0.15, 0.2) is 36.4 Å². The van der Waals surface area contributed by atoms with Crippen molar-refractivity contribution < 1.29 is 33.3 Å². The van der Waals surface area contributed by atoms with Crippen molar-refractivity contribution in [1.29, 1.82) is 0 Å². The molecule has 0 saturated carbocycles. The molecule has 2 rings (SSSR count). The SMILES string of the molecule is COc1ccc(O[C@@H]2C=CC[C@](COC(C)=O)(OC(C)=O)O2)cc1. The average molecular weight is 336 g/mol. The molecule has 0 saturated heterocycles. The lowest BCUT2D eigenvalue weighted by Crippen LogP contribution is -2.48. The van der Waals surface area contributed by atoms with Gasteiger partial charge in [-0.25, -0.2) is 0 Å². The number of rotatable bonds is 6. The number of benzene rings is 1. The molecule has 1 heterocycles. The van der Waals surface area contributed by atoms with Gasteiger partial charge in [0, 0.05) is 20.3 Å². The molecule has 1 aliphatic rings. The number of carbonyl (C=O) groups is 2. The zero-order valence-electron chi connectivity index (χ0n) is 13.8. The van der Waals surface area contributed by atoms with Crippen LogP contribution in [-0.4, -0.2) is 37.7 Å². The monoisotopic (exact) mass is 336 g/mol. The second-order valence-corrected chi connectivity index (χ2v) is 5.20. The molecule has 7 heteroatoms. The highest BCUT2D eigenvalue weighted by molar-refractivity contribution is 5.67. The third kappa shape index (κ3) is 4.99. The summed E-state index contributed by atoms with van der Waals surface area (Å²) in [6.07, 6.45) is 2.91. The lowest BCUT2D eigenvalue weighted by atomic mass is 10.1. The summed E-state index contributed by atoms with van der Waals surface area (Å²) in [5, 5.41) is 0. The minimum absolute atomic E-state index is 0.214. The molecule has 0 N–H and O–H groups in total. The van der Waals surface area contributed by atoms with Gasteiger partial charge in [-0.1, -0.05) is 6.08 Å². The molecule has 0 aromatic heterocycles. The van der Waals surface area contributed by atoms with Crippen molar-refractivity contribution in [2.24, 2.45) is 0 Å². The third-order valence-electron chi connectivity index (χ3n) is 3.19. The van der Waals surface area contributed by atoms with E-state index in [2.05, 4.69) is 0 Å². The van der Waals surface area contributed by atoms with Crippen molar-refractivity contribution in [3.63, 3.8) is 0 Å². The van der Waals surface area contributed by atoms with Gasteiger partial charge in [0.05, 0.1) is 7.11 Å². The van der Waals surface area contributed by atoms with Crippen molar-refractivity contribution in [3.8, 4) is 11.5 Å². The Balaban J connectivity index is 2.08. The fourth-order valence-corrected chi connectivity index (χ4v) is 2.17.